The minimum absolute atomic E-state index is 0.00532. The number of ether oxygens (including phenoxy) is 2. The van der Waals surface area contributed by atoms with Gasteiger partial charge in [0.2, 0.25) is 0 Å². The number of nitrogens with zero attached hydrogens (tertiary/aromatic N) is 1. The van der Waals surface area contributed by atoms with Crippen LogP contribution < -0.4 is 9.47 Å². The van der Waals surface area contributed by atoms with E-state index in [-0.39, 0.29) is 12.1 Å². The van der Waals surface area contributed by atoms with Crippen molar-refractivity contribution in [2.24, 2.45) is 0 Å². The number of carbonyl (C=O) groups is 1. The Morgan fingerprint density at radius 1 is 1.33 bits per heavy atom. The monoisotopic (exact) mass is 251 g/mol. The fourth-order valence-corrected chi connectivity index (χ4v) is 2.18. The number of hydrogen-bond acceptors (Lipinski definition) is 3. The first kappa shape index (κ1) is 12.5. The van der Waals surface area contributed by atoms with Crippen LogP contribution in [0.2, 0.25) is 0 Å². The van der Waals surface area contributed by atoms with Gasteiger partial charge in [0.15, 0.2) is 0 Å². The van der Waals surface area contributed by atoms with Gasteiger partial charge < -0.3 is 19.5 Å². The van der Waals surface area contributed by atoms with E-state index in [4.69, 9.17) is 14.6 Å². The molecule has 0 unspecified atom stereocenters. The van der Waals surface area contributed by atoms with Crippen molar-refractivity contribution < 1.29 is 19.4 Å². The number of amides is 1. The minimum atomic E-state index is -0.886. The lowest BCUT2D eigenvalue weighted by atomic mass is 10.2. The molecule has 98 valence electrons. The Morgan fingerprint density at radius 3 is 2.44 bits per heavy atom. The maximum Gasteiger partial charge on any atom is 0.407 e. The van der Waals surface area contributed by atoms with Crippen molar-refractivity contribution in [1.82, 2.24) is 4.90 Å². The van der Waals surface area contributed by atoms with Gasteiger partial charge in [0, 0.05) is 12.5 Å². The van der Waals surface area contributed by atoms with Crippen molar-refractivity contribution >= 4 is 6.09 Å². The normalized spacial score (nSPS) is 22.9. The molecule has 1 aliphatic heterocycles. The van der Waals surface area contributed by atoms with Crippen LogP contribution in [-0.2, 0) is 0 Å². The largest absolute Gasteiger partial charge is 0.497 e. The molecule has 0 radical (unpaired) electrons. The van der Waals surface area contributed by atoms with Gasteiger partial charge in [-0.25, -0.2) is 4.79 Å². The van der Waals surface area contributed by atoms with Crippen LogP contribution >= 0.6 is 0 Å². The van der Waals surface area contributed by atoms with E-state index in [2.05, 4.69) is 0 Å². The Kier molecular flexibility index (Phi) is 3.60. The molecule has 1 aliphatic rings. The minimum Gasteiger partial charge on any atom is -0.497 e. The van der Waals surface area contributed by atoms with Gasteiger partial charge in [0.05, 0.1) is 13.7 Å². The molecule has 0 aliphatic carbocycles. The van der Waals surface area contributed by atoms with Crippen molar-refractivity contribution in [2.75, 3.05) is 13.7 Å². The molecule has 0 aromatic heterocycles. The number of benzene rings is 1. The Bertz CT molecular complexity index is 418. The molecule has 18 heavy (non-hydrogen) atoms. The second kappa shape index (κ2) is 5.16. The lowest BCUT2D eigenvalue weighted by Crippen LogP contribution is -2.33. The van der Waals surface area contributed by atoms with Gasteiger partial charge in [-0.15, -0.1) is 0 Å². The van der Waals surface area contributed by atoms with Gasteiger partial charge in [-0.05, 0) is 31.2 Å². The summed E-state index contributed by atoms with van der Waals surface area (Å²) in [4.78, 5) is 12.4. The summed E-state index contributed by atoms with van der Waals surface area (Å²) in [5.74, 6) is 1.51. The van der Waals surface area contributed by atoms with Crippen molar-refractivity contribution in [3.05, 3.63) is 24.3 Å². The van der Waals surface area contributed by atoms with Gasteiger partial charge in [0.1, 0.15) is 17.6 Å². The van der Waals surface area contributed by atoms with Crippen molar-refractivity contribution in [1.29, 1.82) is 0 Å². The summed E-state index contributed by atoms with van der Waals surface area (Å²) in [7, 11) is 1.61. The second-order valence-corrected chi connectivity index (χ2v) is 4.44. The average Bonchev–Trinajstić information content (AvgIpc) is 2.71. The maximum absolute atomic E-state index is 10.9. The Morgan fingerprint density at radius 2 is 1.94 bits per heavy atom. The van der Waals surface area contributed by atoms with E-state index in [1.807, 2.05) is 31.2 Å². The molecule has 1 saturated heterocycles. The predicted octanol–water partition coefficient (Wildman–Crippen LogP) is 2.21. The summed E-state index contributed by atoms with van der Waals surface area (Å²) < 4.78 is 10.8. The summed E-state index contributed by atoms with van der Waals surface area (Å²) in [5, 5.41) is 8.99. The molecule has 2 rings (SSSR count). The molecular weight excluding hydrogens is 234 g/mol. The zero-order valence-electron chi connectivity index (χ0n) is 10.5. The highest BCUT2D eigenvalue weighted by Crippen LogP contribution is 2.24. The number of carboxylic acid groups (broad SMARTS) is 1. The topological polar surface area (TPSA) is 59.0 Å². The molecule has 0 spiro atoms. The van der Waals surface area contributed by atoms with E-state index >= 15 is 0 Å². The van der Waals surface area contributed by atoms with Crippen LogP contribution in [0.5, 0.6) is 11.5 Å². The molecular formula is C13H17NO4. The van der Waals surface area contributed by atoms with Gasteiger partial charge >= 0.3 is 6.09 Å². The molecule has 1 amide bonds. The number of methoxy groups -OCH3 is 1. The first-order valence-electron chi connectivity index (χ1n) is 5.90. The van der Waals surface area contributed by atoms with Gasteiger partial charge in [0.25, 0.3) is 0 Å². The smallest absolute Gasteiger partial charge is 0.407 e. The molecule has 2 atom stereocenters. The van der Waals surface area contributed by atoms with E-state index < -0.39 is 6.09 Å². The van der Waals surface area contributed by atoms with Crippen LogP contribution in [0.3, 0.4) is 0 Å². The highest BCUT2D eigenvalue weighted by molar-refractivity contribution is 5.65. The van der Waals surface area contributed by atoms with Gasteiger partial charge in [-0.3, -0.25) is 0 Å². The van der Waals surface area contributed by atoms with E-state index in [0.29, 0.717) is 6.54 Å². The third-order valence-electron chi connectivity index (χ3n) is 3.14. The number of likely N-dealkylation sites (tertiary alicyclic amines) is 1. The lowest BCUT2D eigenvalue weighted by Gasteiger charge is -2.16. The summed E-state index contributed by atoms with van der Waals surface area (Å²) in [6.07, 6.45) is -0.244. The third-order valence-corrected chi connectivity index (χ3v) is 3.14. The van der Waals surface area contributed by atoms with E-state index in [9.17, 15) is 4.79 Å². The molecule has 1 fully saturated rings. The van der Waals surface area contributed by atoms with E-state index in [0.717, 1.165) is 17.9 Å². The Hall–Kier alpha value is -1.91. The van der Waals surface area contributed by atoms with E-state index in [1.54, 1.807) is 7.11 Å². The van der Waals surface area contributed by atoms with Crippen molar-refractivity contribution in [2.45, 2.75) is 25.5 Å². The summed E-state index contributed by atoms with van der Waals surface area (Å²) in [6, 6.07) is 7.30. The number of rotatable bonds is 3. The van der Waals surface area contributed by atoms with Gasteiger partial charge in [-0.2, -0.15) is 0 Å². The zero-order valence-corrected chi connectivity index (χ0v) is 10.5. The van der Waals surface area contributed by atoms with Crippen LogP contribution in [0, 0.1) is 0 Å². The van der Waals surface area contributed by atoms with Crippen LogP contribution in [-0.4, -0.2) is 41.9 Å². The standard InChI is InChI=1S/C13H17NO4/c1-9-7-12(8-14(9)13(15)16)18-11-5-3-10(17-2)4-6-11/h3-6,9,12H,7-8H2,1-2H3,(H,15,16)/t9-,12+/m1/s1. The van der Waals surface area contributed by atoms with Crippen molar-refractivity contribution in [3.8, 4) is 11.5 Å². The summed E-state index contributed by atoms with van der Waals surface area (Å²) in [5.41, 5.74) is 0. The van der Waals surface area contributed by atoms with Crippen LogP contribution in [0.15, 0.2) is 24.3 Å². The summed E-state index contributed by atoms with van der Waals surface area (Å²) >= 11 is 0. The van der Waals surface area contributed by atoms with Gasteiger partial charge in [-0.1, -0.05) is 0 Å². The SMILES string of the molecule is COc1ccc(O[C@H]2C[C@@H](C)N(C(=O)O)C2)cc1. The molecule has 1 aromatic rings. The van der Waals surface area contributed by atoms with Crippen molar-refractivity contribution in [3.63, 3.8) is 0 Å². The molecule has 0 bridgehead atoms. The second-order valence-electron chi connectivity index (χ2n) is 4.44. The fraction of sp³-hybridized carbons (Fsp3) is 0.462. The molecule has 1 aromatic carbocycles. The summed E-state index contributed by atoms with van der Waals surface area (Å²) in [6.45, 7) is 2.31. The highest BCUT2D eigenvalue weighted by Gasteiger charge is 2.33. The molecule has 5 heteroatoms. The van der Waals surface area contributed by atoms with E-state index in [1.165, 1.54) is 4.90 Å². The molecule has 1 N–H and O–H groups in total. The average molecular weight is 251 g/mol. The van der Waals surface area contributed by atoms with Crippen LogP contribution in [0.25, 0.3) is 0 Å². The molecule has 0 saturated carbocycles. The van der Waals surface area contributed by atoms with Crippen LogP contribution in [0.1, 0.15) is 13.3 Å². The maximum atomic E-state index is 10.9. The quantitative estimate of drug-likeness (QED) is 0.894. The fourth-order valence-electron chi connectivity index (χ4n) is 2.18. The molecule has 1 heterocycles. The molecule has 5 nitrogen and oxygen atoms in total. The van der Waals surface area contributed by atoms with Crippen LogP contribution in [0.4, 0.5) is 4.79 Å². The highest BCUT2D eigenvalue weighted by atomic mass is 16.5. The first-order valence-corrected chi connectivity index (χ1v) is 5.90. The lowest BCUT2D eigenvalue weighted by molar-refractivity contribution is 0.137. The Labute approximate surface area is 106 Å². The zero-order chi connectivity index (χ0) is 13.1. The predicted molar refractivity (Wildman–Crippen MR) is 66.2 cm³/mol. The number of hydrogen-bond donors (Lipinski definition) is 1. The third kappa shape index (κ3) is 2.67. The first-order chi connectivity index (χ1) is 8.60. The Balaban J connectivity index is 1.96.